The monoisotopic (exact) mass is 423 g/mol. The fraction of sp³-hybridized carbons (Fsp3) is 0.440. The van der Waals surface area contributed by atoms with Gasteiger partial charge in [-0.2, -0.15) is 0 Å². The first kappa shape index (κ1) is 20.5. The van der Waals surface area contributed by atoms with Crippen LogP contribution in [0.1, 0.15) is 35.7 Å². The number of ether oxygens (including phenoxy) is 1. The van der Waals surface area contributed by atoms with Gasteiger partial charge in [0.2, 0.25) is 0 Å². The molecule has 6 heteroatoms. The van der Waals surface area contributed by atoms with Gasteiger partial charge in [0.15, 0.2) is 0 Å². The van der Waals surface area contributed by atoms with Gasteiger partial charge in [0.25, 0.3) is 0 Å². The molecule has 3 heterocycles. The van der Waals surface area contributed by atoms with Gasteiger partial charge in [-0.15, -0.1) is 0 Å². The van der Waals surface area contributed by atoms with Crippen LogP contribution in [0, 0.1) is 5.82 Å². The molecule has 0 radical (unpaired) electrons. The lowest BCUT2D eigenvalue weighted by Gasteiger charge is -2.46. The van der Waals surface area contributed by atoms with E-state index in [1.165, 1.54) is 28.8 Å². The number of likely N-dealkylation sites (tertiary alicyclic amines) is 1. The Hall–Kier alpha value is -2.41. The van der Waals surface area contributed by atoms with Gasteiger partial charge in [-0.25, -0.2) is 4.39 Å². The molecule has 0 bridgehead atoms. The summed E-state index contributed by atoms with van der Waals surface area (Å²) < 4.78 is 20.9. The van der Waals surface area contributed by atoms with Crippen molar-refractivity contribution in [2.75, 3.05) is 33.4 Å². The molecule has 1 fully saturated rings. The van der Waals surface area contributed by atoms with Crippen LogP contribution in [0.4, 0.5) is 4.39 Å². The summed E-state index contributed by atoms with van der Waals surface area (Å²) in [5, 5.41) is 15.0. The van der Waals surface area contributed by atoms with Crippen LogP contribution in [-0.4, -0.2) is 47.9 Å². The van der Waals surface area contributed by atoms with Gasteiger partial charge in [0.1, 0.15) is 11.6 Å². The maximum Gasteiger partial charge on any atom is 0.123 e. The zero-order chi connectivity index (χ0) is 21.6. The highest BCUT2D eigenvalue weighted by molar-refractivity contribution is 5.88. The maximum atomic E-state index is 13.2. The second kappa shape index (κ2) is 7.93. The minimum atomic E-state index is -0.187. The fourth-order valence-corrected chi connectivity index (χ4v) is 5.60. The number of nitrogens with zero attached hydrogens (tertiary/aromatic N) is 2. The van der Waals surface area contributed by atoms with Crippen molar-refractivity contribution >= 4 is 10.9 Å². The lowest BCUT2D eigenvalue weighted by atomic mass is 9.69. The molecular weight excluding hydrogens is 393 g/mol. The molecule has 0 amide bonds. The summed E-state index contributed by atoms with van der Waals surface area (Å²) in [6, 6.07) is 13.1. The Labute approximate surface area is 182 Å². The number of hydrogen-bond acceptors (Lipinski definition) is 4. The summed E-state index contributed by atoms with van der Waals surface area (Å²) in [4.78, 5) is 2.46. The average Bonchev–Trinajstić information content (AvgIpc) is 3.10. The Morgan fingerprint density at radius 2 is 1.90 bits per heavy atom. The van der Waals surface area contributed by atoms with E-state index in [-0.39, 0.29) is 23.9 Å². The van der Waals surface area contributed by atoms with Crippen LogP contribution in [0.25, 0.3) is 10.9 Å². The maximum absolute atomic E-state index is 13.2. The molecule has 2 aromatic carbocycles. The van der Waals surface area contributed by atoms with Gasteiger partial charge in [0, 0.05) is 42.7 Å². The van der Waals surface area contributed by atoms with E-state index in [1.807, 2.05) is 18.2 Å². The number of nitrogens with one attached hydrogen (secondary N) is 1. The van der Waals surface area contributed by atoms with Crippen LogP contribution in [0.15, 0.2) is 42.5 Å². The first-order chi connectivity index (χ1) is 15.0. The average molecular weight is 424 g/mol. The summed E-state index contributed by atoms with van der Waals surface area (Å²) in [6.07, 6.45) is 2.11. The molecule has 0 unspecified atom stereocenters. The molecule has 2 aliphatic heterocycles. The number of aryl methyl sites for hydroxylation is 1. The van der Waals surface area contributed by atoms with E-state index in [0.29, 0.717) is 0 Å². The van der Waals surface area contributed by atoms with E-state index < -0.39 is 0 Å². The van der Waals surface area contributed by atoms with Crippen LogP contribution in [0.3, 0.4) is 0 Å². The van der Waals surface area contributed by atoms with E-state index in [0.717, 1.165) is 55.9 Å². The van der Waals surface area contributed by atoms with Gasteiger partial charge >= 0.3 is 0 Å². The molecule has 3 aromatic rings. The number of halogens is 1. The predicted octanol–water partition coefficient (Wildman–Crippen LogP) is 3.50. The second-order valence-corrected chi connectivity index (χ2v) is 9.00. The Morgan fingerprint density at radius 1 is 1.16 bits per heavy atom. The summed E-state index contributed by atoms with van der Waals surface area (Å²) in [7, 11) is 3.79. The molecular formula is C25H30FN3O2. The lowest BCUT2D eigenvalue weighted by Crippen LogP contribution is -2.52. The minimum Gasteiger partial charge on any atom is -0.497 e. The molecule has 2 N–H and O–H groups in total. The van der Waals surface area contributed by atoms with E-state index >= 15 is 0 Å². The third-order valence-corrected chi connectivity index (χ3v) is 7.32. The summed E-state index contributed by atoms with van der Waals surface area (Å²) in [5.74, 6) is 0.662. The van der Waals surface area contributed by atoms with Gasteiger partial charge < -0.3 is 19.7 Å². The molecule has 164 valence electrons. The van der Waals surface area contributed by atoms with Gasteiger partial charge in [-0.05, 0) is 61.3 Å². The quantitative estimate of drug-likeness (QED) is 0.675. The molecule has 0 aliphatic carbocycles. The van der Waals surface area contributed by atoms with Crippen molar-refractivity contribution in [3.8, 4) is 5.75 Å². The first-order valence-corrected chi connectivity index (χ1v) is 11.0. The van der Waals surface area contributed by atoms with Crippen molar-refractivity contribution in [2.24, 2.45) is 7.05 Å². The predicted molar refractivity (Wildman–Crippen MR) is 120 cm³/mol. The molecule has 1 saturated heterocycles. The molecule has 1 spiro atoms. The normalized spacial score (nSPS) is 20.8. The van der Waals surface area contributed by atoms with Gasteiger partial charge in [-0.1, -0.05) is 12.1 Å². The van der Waals surface area contributed by atoms with Crippen LogP contribution in [0.5, 0.6) is 5.75 Å². The van der Waals surface area contributed by atoms with E-state index in [2.05, 4.69) is 34.0 Å². The largest absolute Gasteiger partial charge is 0.497 e. The van der Waals surface area contributed by atoms with E-state index in [1.54, 1.807) is 7.11 Å². The highest BCUT2D eigenvalue weighted by atomic mass is 19.1. The number of methoxy groups -OCH3 is 1. The number of fused-ring (bicyclic) bond motifs is 4. The Bertz CT molecular complexity index is 1080. The van der Waals surface area contributed by atoms with Crippen LogP contribution < -0.4 is 10.1 Å². The van der Waals surface area contributed by atoms with Gasteiger partial charge in [0.05, 0.1) is 25.3 Å². The highest BCUT2D eigenvalue weighted by Gasteiger charge is 2.44. The van der Waals surface area contributed by atoms with Crippen molar-refractivity contribution in [1.29, 1.82) is 0 Å². The summed E-state index contributed by atoms with van der Waals surface area (Å²) in [6.45, 7) is 3.80. The summed E-state index contributed by atoms with van der Waals surface area (Å²) in [5.41, 5.74) is 4.95. The second-order valence-electron chi connectivity index (χ2n) is 9.00. The molecule has 31 heavy (non-hydrogen) atoms. The minimum absolute atomic E-state index is 0.0500. The van der Waals surface area contributed by atoms with Crippen molar-refractivity contribution in [1.82, 2.24) is 14.8 Å². The van der Waals surface area contributed by atoms with Crippen molar-refractivity contribution in [2.45, 2.75) is 30.8 Å². The van der Waals surface area contributed by atoms with Crippen molar-refractivity contribution in [3.05, 3.63) is 65.1 Å². The molecule has 0 saturated carbocycles. The molecule has 1 atom stereocenters. The smallest absolute Gasteiger partial charge is 0.123 e. The third-order valence-electron chi connectivity index (χ3n) is 7.32. The number of benzene rings is 2. The van der Waals surface area contributed by atoms with E-state index in [9.17, 15) is 9.50 Å². The first-order valence-electron chi connectivity index (χ1n) is 11.0. The number of hydrogen-bond donors (Lipinski definition) is 2. The standard InChI is InChI=1S/C25H30FN3O2/c1-28-22-13-19(31-2)7-8-20(22)23-24(28)21(15-30)27-16-25(23)9-11-29(12-10-25)14-17-3-5-18(26)6-4-17/h3-8,13,21,27,30H,9-12,14-16H2,1-2H3/t21-/m0/s1. The molecule has 2 aliphatic rings. The zero-order valence-corrected chi connectivity index (χ0v) is 18.2. The number of aromatic nitrogens is 1. The van der Waals surface area contributed by atoms with Crippen molar-refractivity contribution < 1.29 is 14.2 Å². The molecule has 5 rings (SSSR count). The Kier molecular flexibility index (Phi) is 5.24. The number of aliphatic hydroxyl groups excluding tert-OH is 1. The molecule has 1 aromatic heterocycles. The Morgan fingerprint density at radius 3 is 2.58 bits per heavy atom. The van der Waals surface area contributed by atoms with Crippen LogP contribution in [0.2, 0.25) is 0 Å². The van der Waals surface area contributed by atoms with Gasteiger partial charge in [-0.3, -0.25) is 4.90 Å². The fourth-order valence-electron chi connectivity index (χ4n) is 5.60. The molecule has 5 nitrogen and oxygen atoms in total. The van der Waals surface area contributed by atoms with Crippen molar-refractivity contribution in [3.63, 3.8) is 0 Å². The third kappa shape index (κ3) is 3.43. The Balaban J connectivity index is 1.47. The topological polar surface area (TPSA) is 49.7 Å². The van der Waals surface area contributed by atoms with Crippen LogP contribution >= 0.6 is 0 Å². The van der Waals surface area contributed by atoms with Crippen LogP contribution in [-0.2, 0) is 19.0 Å². The summed E-state index contributed by atoms with van der Waals surface area (Å²) >= 11 is 0. The zero-order valence-electron chi connectivity index (χ0n) is 18.2. The SMILES string of the molecule is COc1ccc2c3c(n(C)c2c1)[C@H](CO)NCC31CCN(Cc2ccc(F)cc2)CC1. The number of rotatable bonds is 4. The number of aliphatic hydroxyl groups is 1. The number of piperidine rings is 1. The lowest BCUT2D eigenvalue weighted by molar-refractivity contribution is 0.131. The highest BCUT2D eigenvalue weighted by Crippen LogP contribution is 2.47. The van der Waals surface area contributed by atoms with E-state index in [4.69, 9.17) is 4.74 Å².